The molecule has 0 bridgehead atoms. The molecule has 0 spiro atoms. The number of nitrogens with one attached hydrogen (secondary N) is 1. The first-order valence-corrected chi connectivity index (χ1v) is 7.32. The van der Waals surface area contributed by atoms with Crippen molar-refractivity contribution in [3.05, 3.63) is 65.2 Å². The molecule has 1 N–H and O–H groups in total. The molecule has 4 heteroatoms. The fourth-order valence-electron chi connectivity index (χ4n) is 1.88. The molecular formula is C18H20N2O2. The predicted octanol–water partition coefficient (Wildman–Crippen LogP) is 3.55. The van der Waals surface area contributed by atoms with Crippen molar-refractivity contribution in [2.45, 2.75) is 20.3 Å². The van der Waals surface area contributed by atoms with Gasteiger partial charge in [0.25, 0.3) is 5.91 Å². The minimum Gasteiger partial charge on any atom is -0.494 e. The van der Waals surface area contributed by atoms with Gasteiger partial charge in [0.15, 0.2) is 0 Å². The first kappa shape index (κ1) is 15.8. The van der Waals surface area contributed by atoms with Gasteiger partial charge in [-0.25, -0.2) is 5.43 Å². The number of benzene rings is 2. The molecule has 1 amide bonds. The number of rotatable bonds is 6. The molecule has 4 nitrogen and oxygen atoms in total. The third kappa shape index (κ3) is 4.45. The number of amides is 1. The van der Waals surface area contributed by atoms with Crippen LogP contribution in [0.3, 0.4) is 0 Å². The van der Waals surface area contributed by atoms with E-state index < -0.39 is 0 Å². The van der Waals surface area contributed by atoms with Crippen LogP contribution in [0.1, 0.15) is 34.8 Å². The fourth-order valence-corrected chi connectivity index (χ4v) is 1.88. The number of nitrogens with zero attached hydrogens (tertiary/aromatic N) is 1. The number of carbonyl (C=O) groups excluding carboxylic acids is 1. The van der Waals surface area contributed by atoms with Gasteiger partial charge in [0.1, 0.15) is 5.75 Å². The Bertz CT molecular complexity index is 648. The SMILES string of the molecule is CCCOc1ccc(C(=O)N/N=C/c2ccccc2C)cc1. The highest BCUT2D eigenvalue weighted by molar-refractivity contribution is 5.95. The zero-order valence-corrected chi connectivity index (χ0v) is 12.9. The largest absolute Gasteiger partial charge is 0.494 e. The third-order valence-corrected chi connectivity index (χ3v) is 3.15. The van der Waals surface area contributed by atoms with Gasteiger partial charge in [0.2, 0.25) is 0 Å². The molecular weight excluding hydrogens is 276 g/mol. The molecule has 0 heterocycles. The van der Waals surface area contributed by atoms with E-state index in [0.717, 1.165) is 23.3 Å². The summed E-state index contributed by atoms with van der Waals surface area (Å²) in [5.41, 5.74) is 5.16. The van der Waals surface area contributed by atoms with Gasteiger partial charge >= 0.3 is 0 Å². The van der Waals surface area contributed by atoms with Crippen LogP contribution in [0.5, 0.6) is 5.75 Å². The van der Waals surface area contributed by atoms with Crippen molar-refractivity contribution >= 4 is 12.1 Å². The number of carbonyl (C=O) groups is 1. The van der Waals surface area contributed by atoms with E-state index in [9.17, 15) is 4.79 Å². The van der Waals surface area contributed by atoms with Crippen LogP contribution >= 0.6 is 0 Å². The Kier molecular flexibility index (Phi) is 5.72. The lowest BCUT2D eigenvalue weighted by Gasteiger charge is -2.05. The maximum Gasteiger partial charge on any atom is 0.271 e. The Balaban J connectivity index is 1.93. The predicted molar refractivity (Wildman–Crippen MR) is 88.5 cm³/mol. The summed E-state index contributed by atoms with van der Waals surface area (Å²) in [6.07, 6.45) is 2.60. The molecule has 2 aromatic carbocycles. The summed E-state index contributed by atoms with van der Waals surface area (Å²) in [6.45, 7) is 4.72. The van der Waals surface area contributed by atoms with Crippen molar-refractivity contribution in [2.24, 2.45) is 5.10 Å². The maximum absolute atomic E-state index is 12.0. The van der Waals surface area contributed by atoms with Crippen LogP contribution < -0.4 is 10.2 Å². The summed E-state index contributed by atoms with van der Waals surface area (Å²) in [5.74, 6) is 0.522. The van der Waals surface area contributed by atoms with Crippen LogP contribution in [0.15, 0.2) is 53.6 Å². The average Bonchev–Trinajstić information content (AvgIpc) is 2.55. The quantitative estimate of drug-likeness (QED) is 0.654. The van der Waals surface area contributed by atoms with Gasteiger partial charge in [-0.1, -0.05) is 31.2 Å². The van der Waals surface area contributed by atoms with E-state index in [1.807, 2.05) is 38.1 Å². The summed E-state index contributed by atoms with van der Waals surface area (Å²) in [6, 6.07) is 14.9. The number of aryl methyl sites for hydroxylation is 1. The Morgan fingerprint density at radius 1 is 1.18 bits per heavy atom. The first-order chi connectivity index (χ1) is 10.7. The molecule has 0 atom stereocenters. The van der Waals surface area contributed by atoms with Crippen LogP contribution in [0.4, 0.5) is 0 Å². The van der Waals surface area contributed by atoms with Crippen molar-refractivity contribution in [3.63, 3.8) is 0 Å². The van der Waals surface area contributed by atoms with Crippen molar-refractivity contribution < 1.29 is 9.53 Å². The highest BCUT2D eigenvalue weighted by Crippen LogP contribution is 2.12. The Hall–Kier alpha value is -2.62. The van der Waals surface area contributed by atoms with Gasteiger partial charge in [0, 0.05) is 5.56 Å². The maximum atomic E-state index is 12.0. The zero-order chi connectivity index (χ0) is 15.8. The molecule has 0 fully saturated rings. The molecule has 22 heavy (non-hydrogen) atoms. The van der Waals surface area contributed by atoms with Crippen molar-refractivity contribution in [2.75, 3.05) is 6.61 Å². The Labute approximate surface area is 130 Å². The Morgan fingerprint density at radius 3 is 2.59 bits per heavy atom. The van der Waals surface area contributed by atoms with Gasteiger partial charge in [-0.15, -0.1) is 0 Å². The fraction of sp³-hybridized carbons (Fsp3) is 0.222. The van der Waals surface area contributed by atoms with Crippen LogP contribution in [0, 0.1) is 6.92 Å². The smallest absolute Gasteiger partial charge is 0.271 e. The van der Waals surface area contributed by atoms with E-state index in [1.165, 1.54) is 0 Å². The number of ether oxygens (including phenoxy) is 1. The lowest BCUT2D eigenvalue weighted by atomic mass is 10.1. The van der Waals surface area contributed by atoms with Crippen LogP contribution in [0.2, 0.25) is 0 Å². The van der Waals surface area contributed by atoms with Crippen molar-refractivity contribution in [1.29, 1.82) is 0 Å². The highest BCUT2D eigenvalue weighted by atomic mass is 16.5. The minimum atomic E-state index is -0.244. The van der Waals surface area contributed by atoms with Crippen molar-refractivity contribution in [3.8, 4) is 5.75 Å². The standard InChI is InChI=1S/C18H20N2O2/c1-3-12-22-17-10-8-15(9-11-17)18(21)20-19-13-16-7-5-4-6-14(16)2/h4-11,13H,3,12H2,1-2H3,(H,20,21)/b19-13+. The van der Waals surface area contributed by atoms with Gasteiger partial charge in [0.05, 0.1) is 12.8 Å². The van der Waals surface area contributed by atoms with Gasteiger partial charge < -0.3 is 4.74 Å². The van der Waals surface area contributed by atoms with Crippen molar-refractivity contribution in [1.82, 2.24) is 5.43 Å². The molecule has 0 aliphatic heterocycles. The van der Waals surface area contributed by atoms with Crippen LogP contribution in [0.25, 0.3) is 0 Å². The molecule has 0 saturated carbocycles. The molecule has 0 saturated heterocycles. The lowest BCUT2D eigenvalue weighted by molar-refractivity contribution is 0.0955. The van der Waals surface area contributed by atoms with E-state index >= 15 is 0 Å². The molecule has 0 aromatic heterocycles. The molecule has 2 rings (SSSR count). The third-order valence-electron chi connectivity index (χ3n) is 3.15. The molecule has 2 aromatic rings. The summed E-state index contributed by atoms with van der Waals surface area (Å²) >= 11 is 0. The topological polar surface area (TPSA) is 50.7 Å². The molecule has 0 aliphatic carbocycles. The van der Waals surface area contributed by atoms with E-state index in [0.29, 0.717) is 12.2 Å². The summed E-state index contributed by atoms with van der Waals surface area (Å²) in [5, 5.41) is 3.99. The number of hydrazone groups is 1. The van der Waals surface area contributed by atoms with E-state index in [-0.39, 0.29) is 5.91 Å². The van der Waals surface area contributed by atoms with Gasteiger partial charge in [-0.05, 0) is 48.7 Å². The first-order valence-electron chi connectivity index (χ1n) is 7.32. The molecule has 0 radical (unpaired) electrons. The lowest BCUT2D eigenvalue weighted by Crippen LogP contribution is -2.17. The normalized spacial score (nSPS) is 10.6. The van der Waals surface area contributed by atoms with E-state index in [2.05, 4.69) is 10.5 Å². The summed E-state index contributed by atoms with van der Waals surface area (Å²) < 4.78 is 5.48. The van der Waals surface area contributed by atoms with Crippen LogP contribution in [-0.2, 0) is 0 Å². The van der Waals surface area contributed by atoms with Gasteiger partial charge in [-0.2, -0.15) is 5.10 Å². The minimum absolute atomic E-state index is 0.244. The second-order valence-electron chi connectivity index (χ2n) is 4.93. The molecule has 0 aliphatic rings. The molecule has 114 valence electrons. The zero-order valence-electron chi connectivity index (χ0n) is 12.9. The summed E-state index contributed by atoms with van der Waals surface area (Å²) in [7, 11) is 0. The Morgan fingerprint density at radius 2 is 1.91 bits per heavy atom. The van der Waals surface area contributed by atoms with Crippen LogP contribution in [-0.4, -0.2) is 18.7 Å². The number of hydrogen-bond acceptors (Lipinski definition) is 3. The molecule has 0 unspecified atom stereocenters. The average molecular weight is 296 g/mol. The monoisotopic (exact) mass is 296 g/mol. The second kappa shape index (κ2) is 7.98. The van der Waals surface area contributed by atoms with E-state index in [1.54, 1.807) is 30.5 Å². The van der Waals surface area contributed by atoms with E-state index in [4.69, 9.17) is 4.74 Å². The highest BCUT2D eigenvalue weighted by Gasteiger charge is 2.04. The number of hydrogen-bond donors (Lipinski definition) is 1. The van der Waals surface area contributed by atoms with Gasteiger partial charge in [-0.3, -0.25) is 4.79 Å². The second-order valence-corrected chi connectivity index (χ2v) is 4.93. The summed E-state index contributed by atoms with van der Waals surface area (Å²) in [4.78, 5) is 12.0.